The molecule has 1 atom stereocenters. The lowest BCUT2D eigenvalue weighted by Gasteiger charge is -2.15. The zero-order chi connectivity index (χ0) is 13.8. The van der Waals surface area contributed by atoms with E-state index < -0.39 is 11.9 Å². The Morgan fingerprint density at radius 2 is 1.84 bits per heavy atom. The van der Waals surface area contributed by atoms with Gasteiger partial charge in [0.1, 0.15) is 11.9 Å². The summed E-state index contributed by atoms with van der Waals surface area (Å²) < 4.78 is 13.6. The molecule has 0 heterocycles. The van der Waals surface area contributed by atoms with E-state index in [0.717, 1.165) is 0 Å². The van der Waals surface area contributed by atoms with Crippen LogP contribution >= 0.6 is 23.2 Å². The quantitative estimate of drug-likeness (QED) is 0.882. The van der Waals surface area contributed by atoms with Gasteiger partial charge in [-0.3, -0.25) is 0 Å². The van der Waals surface area contributed by atoms with Crippen LogP contribution in [0.5, 0.6) is 0 Å². The second-order valence-electron chi connectivity index (χ2n) is 3.83. The summed E-state index contributed by atoms with van der Waals surface area (Å²) in [5, 5.41) is 12.7. The van der Waals surface area contributed by atoms with Crippen molar-refractivity contribution < 1.29 is 4.39 Å². The molecular formula is C14H9Cl2FN2. The van der Waals surface area contributed by atoms with Gasteiger partial charge in [0, 0.05) is 5.56 Å². The predicted molar refractivity (Wildman–Crippen MR) is 74.8 cm³/mol. The van der Waals surface area contributed by atoms with Crippen molar-refractivity contribution in [3.8, 4) is 6.07 Å². The van der Waals surface area contributed by atoms with Gasteiger partial charge in [-0.1, -0.05) is 47.5 Å². The van der Waals surface area contributed by atoms with Crippen molar-refractivity contribution in [3.05, 3.63) is 63.9 Å². The molecule has 2 aromatic carbocycles. The molecule has 2 aromatic rings. The van der Waals surface area contributed by atoms with E-state index in [1.54, 1.807) is 36.4 Å². The molecule has 1 unspecified atom stereocenters. The highest BCUT2D eigenvalue weighted by atomic mass is 35.5. The Morgan fingerprint density at radius 1 is 1.11 bits per heavy atom. The van der Waals surface area contributed by atoms with Crippen LogP contribution in [0.1, 0.15) is 11.6 Å². The summed E-state index contributed by atoms with van der Waals surface area (Å²) in [5.74, 6) is -0.430. The number of benzene rings is 2. The lowest BCUT2D eigenvalue weighted by atomic mass is 10.1. The molecule has 19 heavy (non-hydrogen) atoms. The Kier molecular flexibility index (Phi) is 4.26. The first kappa shape index (κ1) is 13.7. The number of rotatable bonds is 3. The lowest BCUT2D eigenvalue weighted by molar-refractivity contribution is 0.629. The molecule has 0 aliphatic heterocycles. The Labute approximate surface area is 120 Å². The maximum atomic E-state index is 13.6. The molecule has 0 radical (unpaired) electrons. The van der Waals surface area contributed by atoms with E-state index in [0.29, 0.717) is 15.6 Å². The maximum absolute atomic E-state index is 13.6. The Balaban J connectivity index is 2.34. The maximum Gasteiger partial charge on any atom is 0.146 e. The normalized spacial score (nSPS) is 11.7. The zero-order valence-corrected chi connectivity index (χ0v) is 11.2. The van der Waals surface area contributed by atoms with Crippen LogP contribution < -0.4 is 5.32 Å². The fourth-order valence-electron chi connectivity index (χ4n) is 1.66. The second-order valence-corrected chi connectivity index (χ2v) is 4.61. The largest absolute Gasteiger partial charge is 0.364 e. The van der Waals surface area contributed by atoms with Gasteiger partial charge in [-0.2, -0.15) is 5.26 Å². The zero-order valence-electron chi connectivity index (χ0n) is 9.70. The van der Waals surface area contributed by atoms with Crippen molar-refractivity contribution in [1.82, 2.24) is 0 Å². The number of hydrogen-bond acceptors (Lipinski definition) is 2. The van der Waals surface area contributed by atoms with Gasteiger partial charge in [0.05, 0.1) is 21.8 Å². The summed E-state index contributed by atoms with van der Waals surface area (Å²) in [6, 6.07) is 12.4. The SMILES string of the molecule is N#CC(Nc1ccccc1F)c1cccc(Cl)c1Cl. The first-order valence-corrected chi connectivity index (χ1v) is 6.23. The smallest absolute Gasteiger partial charge is 0.146 e. The molecule has 0 bridgehead atoms. The lowest BCUT2D eigenvalue weighted by Crippen LogP contribution is -2.10. The number of nitrogens with zero attached hydrogens (tertiary/aromatic N) is 1. The third-order valence-electron chi connectivity index (χ3n) is 2.60. The average molecular weight is 295 g/mol. The monoisotopic (exact) mass is 294 g/mol. The second kappa shape index (κ2) is 5.92. The summed E-state index contributed by atoms with van der Waals surface area (Å²) in [7, 11) is 0. The summed E-state index contributed by atoms with van der Waals surface area (Å²) >= 11 is 12.0. The van der Waals surface area contributed by atoms with E-state index in [-0.39, 0.29) is 5.69 Å². The number of anilines is 1. The molecule has 0 saturated heterocycles. The molecule has 0 aliphatic carbocycles. The van der Waals surface area contributed by atoms with Crippen LogP contribution in [0, 0.1) is 17.1 Å². The van der Waals surface area contributed by atoms with Gasteiger partial charge in [-0.15, -0.1) is 0 Å². The minimum Gasteiger partial charge on any atom is -0.364 e. The van der Waals surface area contributed by atoms with Gasteiger partial charge in [0.15, 0.2) is 0 Å². The van der Waals surface area contributed by atoms with Gasteiger partial charge >= 0.3 is 0 Å². The fraction of sp³-hybridized carbons (Fsp3) is 0.0714. The number of nitrogens with one attached hydrogen (secondary N) is 1. The molecule has 0 aliphatic rings. The van der Waals surface area contributed by atoms with E-state index in [1.165, 1.54) is 6.07 Å². The molecular weight excluding hydrogens is 286 g/mol. The van der Waals surface area contributed by atoms with Gasteiger partial charge in [-0.05, 0) is 18.2 Å². The van der Waals surface area contributed by atoms with Crippen molar-refractivity contribution in [1.29, 1.82) is 5.26 Å². The van der Waals surface area contributed by atoms with Crippen LogP contribution in [0.15, 0.2) is 42.5 Å². The molecule has 0 spiro atoms. The summed E-state index contributed by atoms with van der Waals surface area (Å²) in [6.45, 7) is 0. The first-order chi connectivity index (χ1) is 9.13. The minimum absolute atomic E-state index is 0.241. The molecule has 2 rings (SSSR count). The van der Waals surface area contributed by atoms with E-state index >= 15 is 0 Å². The molecule has 2 nitrogen and oxygen atoms in total. The average Bonchev–Trinajstić information content (AvgIpc) is 2.41. The molecule has 5 heteroatoms. The number of para-hydroxylation sites is 1. The number of nitriles is 1. The number of hydrogen-bond donors (Lipinski definition) is 1. The topological polar surface area (TPSA) is 35.8 Å². The third kappa shape index (κ3) is 2.98. The van der Waals surface area contributed by atoms with Crippen LogP contribution in [-0.2, 0) is 0 Å². The minimum atomic E-state index is -0.775. The van der Waals surface area contributed by atoms with Crippen molar-refractivity contribution in [3.63, 3.8) is 0 Å². The summed E-state index contributed by atoms with van der Waals surface area (Å²) in [6.07, 6.45) is 0. The fourth-order valence-corrected chi connectivity index (χ4v) is 2.07. The molecule has 0 fully saturated rings. The van der Waals surface area contributed by atoms with Gasteiger partial charge in [0.2, 0.25) is 0 Å². The van der Waals surface area contributed by atoms with Crippen LogP contribution in [-0.4, -0.2) is 0 Å². The van der Waals surface area contributed by atoms with E-state index in [2.05, 4.69) is 5.32 Å². The Morgan fingerprint density at radius 3 is 2.53 bits per heavy atom. The number of halogens is 3. The first-order valence-electron chi connectivity index (χ1n) is 5.48. The van der Waals surface area contributed by atoms with Crippen LogP contribution in [0.3, 0.4) is 0 Å². The third-order valence-corrected chi connectivity index (χ3v) is 3.43. The van der Waals surface area contributed by atoms with Crippen molar-refractivity contribution in [2.75, 3.05) is 5.32 Å². The molecule has 1 N–H and O–H groups in total. The van der Waals surface area contributed by atoms with E-state index in [1.807, 2.05) is 6.07 Å². The standard InChI is InChI=1S/C14H9Cl2FN2/c15-10-5-3-4-9(14(10)16)13(8-18)19-12-7-2-1-6-11(12)17/h1-7,13,19H. The summed E-state index contributed by atoms with van der Waals surface area (Å²) in [5.41, 5.74) is 0.755. The molecule has 0 amide bonds. The van der Waals surface area contributed by atoms with Gasteiger partial charge in [-0.25, -0.2) is 4.39 Å². The van der Waals surface area contributed by atoms with Gasteiger partial charge in [0.25, 0.3) is 0 Å². The van der Waals surface area contributed by atoms with E-state index in [9.17, 15) is 9.65 Å². The van der Waals surface area contributed by atoms with Crippen molar-refractivity contribution in [2.24, 2.45) is 0 Å². The Hall–Kier alpha value is -1.76. The highest BCUT2D eigenvalue weighted by molar-refractivity contribution is 6.42. The van der Waals surface area contributed by atoms with Gasteiger partial charge < -0.3 is 5.32 Å². The predicted octanol–water partition coefficient (Wildman–Crippen LogP) is 4.81. The van der Waals surface area contributed by atoms with Crippen molar-refractivity contribution >= 4 is 28.9 Å². The van der Waals surface area contributed by atoms with Crippen LogP contribution in [0.2, 0.25) is 10.0 Å². The molecule has 0 aromatic heterocycles. The van der Waals surface area contributed by atoms with Crippen LogP contribution in [0.4, 0.5) is 10.1 Å². The highest BCUT2D eigenvalue weighted by Gasteiger charge is 2.16. The van der Waals surface area contributed by atoms with Crippen LogP contribution in [0.25, 0.3) is 0 Å². The Bertz CT molecular complexity index is 638. The highest BCUT2D eigenvalue weighted by Crippen LogP contribution is 2.31. The van der Waals surface area contributed by atoms with E-state index in [4.69, 9.17) is 23.2 Å². The molecule has 96 valence electrons. The molecule has 0 saturated carbocycles. The summed E-state index contributed by atoms with van der Waals surface area (Å²) in [4.78, 5) is 0. The van der Waals surface area contributed by atoms with Crippen molar-refractivity contribution in [2.45, 2.75) is 6.04 Å².